The molecule has 0 aliphatic heterocycles. The van der Waals surface area contributed by atoms with Gasteiger partial charge in [0.2, 0.25) is 0 Å². The molecule has 0 saturated carbocycles. The number of nitrogens with one attached hydrogen (secondary N) is 2. The first-order valence-electron chi connectivity index (χ1n) is 6.71. The summed E-state index contributed by atoms with van der Waals surface area (Å²) in [6.45, 7) is 0.354. The largest absolute Gasteiger partial charge is 0.354 e. The molecule has 2 N–H and O–H groups in total. The van der Waals surface area contributed by atoms with Crippen molar-refractivity contribution in [1.29, 1.82) is 0 Å². The Balaban J connectivity index is 1.70. The lowest BCUT2D eigenvalue weighted by atomic mass is 10.2. The van der Waals surface area contributed by atoms with E-state index in [4.69, 9.17) is 0 Å². The van der Waals surface area contributed by atoms with Crippen molar-refractivity contribution in [3.63, 3.8) is 0 Å². The minimum atomic E-state index is -0.322. The average molecular weight is 318 g/mol. The van der Waals surface area contributed by atoms with E-state index in [1.54, 1.807) is 12.1 Å². The molecule has 1 aromatic carbocycles. The fourth-order valence-corrected chi connectivity index (χ4v) is 2.83. The van der Waals surface area contributed by atoms with Crippen LogP contribution in [0.5, 0.6) is 0 Å². The van der Waals surface area contributed by atoms with Crippen molar-refractivity contribution in [2.24, 2.45) is 0 Å². The minimum Gasteiger partial charge on any atom is -0.354 e. The van der Waals surface area contributed by atoms with E-state index in [1.807, 2.05) is 24.4 Å². The fraction of sp³-hybridized carbons (Fsp3) is 0.200. The maximum atomic E-state index is 13.2. The van der Waals surface area contributed by atoms with Crippen LogP contribution in [0.25, 0.3) is 10.9 Å². The molecule has 2 aromatic heterocycles. The van der Waals surface area contributed by atoms with E-state index in [2.05, 4.69) is 15.3 Å². The number of amides is 1. The van der Waals surface area contributed by atoms with Crippen molar-refractivity contribution in [3.05, 3.63) is 46.9 Å². The number of halogens is 1. The zero-order valence-electron chi connectivity index (χ0n) is 12.2. The molecule has 2 heterocycles. The summed E-state index contributed by atoms with van der Waals surface area (Å²) >= 11 is 1.52. The number of carbonyl (C=O) groups excluding carboxylic acids is 1. The van der Waals surface area contributed by atoms with Gasteiger partial charge in [0.15, 0.2) is 5.13 Å². The van der Waals surface area contributed by atoms with E-state index in [1.165, 1.54) is 23.5 Å². The van der Waals surface area contributed by atoms with E-state index in [9.17, 15) is 9.18 Å². The van der Waals surface area contributed by atoms with Gasteiger partial charge in [-0.25, -0.2) is 9.37 Å². The number of rotatable bonds is 4. The van der Waals surface area contributed by atoms with Gasteiger partial charge in [0, 0.05) is 30.4 Å². The van der Waals surface area contributed by atoms with Gasteiger partial charge in [-0.2, -0.15) is 0 Å². The van der Waals surface area contributed by atoms with Crippen molar-refractivity contribution in [2.45, 2.75) is 6.54 Å². The first kappa shape index (κ1) is 14.5. The van der Waals surface area contributed by atoms with Gasteiger partial charge < -0.3 is 15.2 Å². The molecule has 5 nitrogen and oxygen atoms in total. The van der Waals surface area contributed by atoms with Crippen LogP contribution >= 0.6 is 11.3 Å². The van der Waals surface area contributed by atoms with E-state index >= 15 is 0 Å². The number of aromatic nitrogens is 2. The van der Waals surface area contributed by atoms with Gasteiger partial charge in [0.25, 0.3) is 5.91 Å². The predicted molar refractivity (Wildman–Crippen MR) is 85.9 cm³/mol. The highest BCUT2D eigenvalue weighted by atomic mass is 32.1. The number of thiazole rings is 1. The molecular weight excluding hydrogens is 303 g/mol. The maximum absolute atomic E-state index is 13.2. The van der Waals surface area contributed by atoms with Gasteiger partial charge in [-0.1, -0.05) is 0 Å². The fourth-order valence-electron chi connectivity index (χ4n) is 2.07. The number of hydrogen-bond donors (Lipinski definition) is 2. The van der Waals surface area contributed by atoms with E-state index in [0.717, 1.165) is 16.3 Å². The molecule has 0 aliphatic carbocycles. The lowest BCUT2D eigenvalue weighted by molar-refractivity contribution is 0.0946. The van der Waals surface area contributed by atoms with E-state index in [-0.39, 0.29) is 11.7 Å². The van der Waals surface area contributed by atoms with Crippen LogP contribution in [0.15, 0.2) is 29.6 Å². The van der Waals surface area contributed by atoms with Crippen LogP contribution in [0.2, 0.25) is 0 Å². The molecule has 0 fully saturated rings. The number of nitrogens with zero attached hydrogens (tertiary/aromatic N) is 2. The van der Waals surface area contributed by atoms with Crippen LogP contribution in [0.3, 0.4) is 0 Å². The predicted octanol–water partition coefficient (Wildman–Crippen LogP) is 2.76. The van der Waals surface area contributed by atoms with Crippen molar-refractivity contribution in [1.82, 2.24) is 15.3 Å². The number of H-pyrrole nitrogens is 1. The van der Waals surface area contributed by atoms with Crippen LogP contribution in [0, 0.1) is 5.82 Å². The first-order valence-corrected chi connectivity index (χ1v) is 7.59. The highest BCUT2D eigenvalue weighted by Crippen LogP contribution is 2.18. The topological polar surface area (TPSA) is 61.0 Å². The van der Waals surface area contributed by atoms with Gasteiger partial charge in [0.05, 0.1) is 12.2 Å². The van der Waals surface area contributed by atoms with Crippen LogP contribution in [0.4, 0.5) is 9.52 Å². The molecule has 3 rings (SSSR count). The molecule has 7 heteroatoms. The molecule has 3 aromatic rings. The summed E-state index contributed by atoms with van der Waals surface area (Å²) < 4.78 is 13.2. The van der Waals surface area contributed by atoms with E-state index in [0.29, 0.717) is 17.6 Å². The summed E-state index contributed by atoms with van der Waals surface area (Å²) in [7, 11) is 3.84. The van der Waals surface area contributed by atoms with E-state index < -0.39 is 0 Å². The third-order valence-corrected chi connectivity index (χ3v) is 4.24. The number of fused-ring (bicyclic) bond motifs is 1. The number of hydrogen-bond acceptors (Lipinski definition) is 4. The van der Waals surface area contributed by atoms with Crippen LogP contribution in [-0.4, -0.2) is 30.0 Å². The first-order chi connectivity index (χ1) is 10.5. The SMILES string of the molecule is CN(C)c1nc(CNC(=O)c2cc3cc(F)ccc3[nH]2)cs1. The zero-order valence-corrected chi connectivity index (χ0v) is 13.0. The highest BCUT2D eigenvalue weighted by Gasteiger charge is 2.11. The molecule has 0 radical (unpaired) electrons. The Bertz CT molecular complexity index is 824. The number of anilines is 1. The molecule has 1 amide bonds. The third kappa shape index (κ3) is 2.94. The molecule has 0 atom stereocenters. The second kappa shape index (κ2) is 5.76. The standard InChI is InChI=1S/C15H15FN4OS/c1-20(2)15-18-11(8-22-15)7-17-14(21)13-6-9-5-10(16)3-4-12(9)19-13/h3-6,8,19H,7H2,1-2H3,(H,17,21). The summed E-state index contributed by atoms with van der Waals surface area (Å²) in [5.41, 5.74) is 1.95. The van der Waals surface area contributed by atoms with Gasteiger partial charge in [0.1, 0.15) is 11.5 Å². The zero-order chi connectivity index (χ0) is 15.7. The second-order valence-electron chi connectivity index (χ2n) is 5.11. The lowest BCUT2D eigenvalue weighted by Gasteiger charge is -2.05. The Hall–Kier alpha value is -2.41. The van der Waals surface area contributed by atoms with Crippen LogP contribution in [-0.2, 0) is 6.54 Å². The van der Waals surface area contributed by atoms with Crippen molar-refractivity contribution in [2.75, 3.05) is 19.0 Å². The Kier molecular flexibility index (Phi) is 3.81. The Labute approximate surface area is 130 Å². The highest BCUT2D eigenvalue weighted by molar-refractivity contribution is 7.13. The summed E-state index contributed by atoms with van der Waals surface area (Å²) in [5, 5.41) is 6.29. The second-order valence-corrected chi connectivity index (χ2v) is 5.95. The van der Waals surface area contributed by atoms with Crippen molar-refractivity contribution < 1.29 is 9.18 Å². The molecule has 0 unspecified atom stereocenters. The summed E-state index contributed by atoms with van der Waals surface area (Å²) in [6, 6.07) is 6.01. The minimum absolute atomic E-state index is 0.240. The smallest absolute Gasteiger partial charge is 0.268 e. The molecule has 114 valence electrons. The van der Waals surface area contributed by atoms with Gasteiger partial charge in [-0.15, -0.1) is 11.3 Å². The Morgan fingerprint density at radius 1 is 1.41 bits per heavy atom. The van der Waals surface area contributed by atoms with Crippen LogP contribution in [0.1, 0.15) is 16.2 Å². The van der Waals surface area contributed by atoms with Crippen molar-refractivity contribution >= 4 is 33.3 Å². The molecular formula is C15H15FN4OS. The van der Waals surface area contributed by atoms with Gasteiger partial charge in [-0.05, 0) is 24.3 Å². The molecule has 0 aliphatic rings. The summed E-state index contributed by atoms with van der Waals surface area (Å²) in [4.78, 5) is 21.4. The monoisotopic (exact) mass is 318 g/mol. The normalized spacial score (nSPS) is 10.9. The Morgan fingerprint density at radius 2 is 2.23 bits per heavy atom. The lowest BCUT2D eigenvalue weighted by Crippen LogP contribution is -2.23. The molecule has 22 heavy (non-hydrogen) atoms. The summed E-state index contributed by atoms with van der Waals surface area (Å²) in [5.74, 6) is -0.562. The van der Waals surface area contributed by atoms with Crippen molar-refractivity contribution in [3.8, 4) is 0 Å². The maximum Gasteiger partial charge on any atom is 0.268 e. The molecule has 0 spiro atoms. The quantitative estimate of drug-likeness (QED) is 0.777. The summed E-state index contributed by atoms with van der Waals surface area (Å²) in [6.07, 6.45) is 0. The Morgan fingerprint density at radius 3 is 2.95 bits per heavy atom. The molecule has 0 saturated heterocycles. The van der Waals surface area contributed by atoms with Crippen LogP contribution < -0.4 is 10.2 Å². The van der Waals surface area contributed by atoms with Gasteiger partial charge >= 0.3 is 0 Å². The number of carbonyl (C=O) groups is 1. The number of benzene rings is 1. The number of aromatic amines is 1. The molecule has 0 bridgehead atoms. The average Bonchev–Trinajstić information content (AvgIpc) is 3.10. The third-order valence-electron chi connectivity index (χ3n) is 3.18. The van der Waals surface area contributed by atoms with Gasteiger partial charge in [-0.3, -0.25) is 4.79 Å².